The Kier molecular flexibility index (Phi) is 5.69. The molecule has 2 aromatic rings. The Bertz CT molecular complexity index is 883. The second kappa shape index (κ2) is 8.55. The predicted molar refractivity (Wildman–Crippen MR) is 110 cm³/mol. The van der Waals surface area contributed by atoms with Gasteiger partial charge in [0.15, 0.2) is 11.5 Å². The molecule has 2 amide bonds. The molecule has 0 spiro atoms. The average Bonchev–Trinajstić information content (AvgIpc) is 3.29. The van der Waals surface area contributed by atoms with Crippen LogP contribution in [0.4, 0.5) is 10.7 Å². The quantitative estimate of drug-likeness (QED) is 0.836. The number of ether oxygens (including phenoxy) is 2. The molecule has 3 heterocycles. The van der Waals surface area contributed by atoms with Gasteiger partial charge in [-0.2, -0.15) is 4.98 Å². The molecule has 2 aliphatic heterocycles. The van der Waals surface area contributed by atoms with Crippen molar-refractivity contribution in [3.63, 3.8) is 0 Å². The Morgan fingerprint density at radius 3 is 2.62 bits per heavy atom. The van der Waals surface area contributed by atoms with E-state index in [1.165, 1.54) is 0 Å². The first-order chi connectivity index (χ1) is 14.2. The van der Waals surface area contributed by atoms with Crippen LogP contribution >= 0.6 is 0 Å². The average molecular weight is 397 g/mol. The summed E-state index contributed by atoms with van der Waals surface area (Å²) in [5, 5.41) is 2.87. The van der Waals surface area contributed by atoms with Gasteiger partial charge in [0, 0.05) is 32.6 Å². The lowest BCUT2D eigenvalue weighted by atomic mass is 10.1. The van der Waals surface area contributed by atoms with Crippen LogP contribution in [0.3, 0.4) is 0 Å². The van der Waals surface area contributed by atoms with E-state index in [-0.39, 0.29) is 6.03 Å². The van der Waals surface area contributed by atoms with Crippen LogP contribution in [0.1, 0.15) is 31.0 Å². The zero-order valence-electron chi connectivity index (χ0n) is 17.0. The summed E-state index contributed by atoms with van der Waals surface area (Å²) in [5.41, 5.74) is 1.81. The third kappa shape index (κ3) is 4.06. The monoisotopic (exact) mass is 397 g/mol. The van der Waals surface area contributed by atoms with Crippen molar-refractivity contribution in [2.24, 2.45) is 0 Å². The van der Waals surface area contributed by atoms with Crippen LogP contribution < -0.4 is 19.7 Å². The first-order valence-electron chi connectivity index (χ1n) is 10.2. The number of fused-ring (bicyclic) bond motifs is 1. The van der Waals surface area contributed by atoms with Gasteiger partial charge in [-0.25, -0.2) is 9.78 Å². The van der Waals surface area contributed by atoms with Crippen molar-refractivity contribution in [3.05, 3.63) is 35.5 Å². The molecule has 4 rings (SSSR count). The first-order valence-corrected chi connectivity index (χ1v) is 10.2. The van der Waals surface area contributed by atoms with Crippen molar-refractivity contribution in [3.8, 4) is 17.4 Å². The van der Waals surface area contributed by atoms with E-state index in [0.717, 1.165) is 37.2 Å². The molecular formula is C21H27N5O3. The molecule has 2 aliphatic rings. The van der Waals surface area contributed by atoms with Crippen molar-refractivity contribution in [2.75, 3.05) is 38.2 Å². The van der Waals surface area contributed by atoms with E-state index in [9.17, 15) is 4.79 Å². The maximum Gasteiger partial charge on any atom is 0.317 e. The van der Waals surface area contributed by atoms with Gasteiger partial charge in [0.25, 0.3) is 0 Å². The Hall–Kier alpha value is -3.03. The van der Waals surface area contributed by atoms with Gasteiger partial charge in [-0.3, -0.25) is 0 Å². The number of methoxy groups -OCH3 is 1. The highest BCUT2D eigenvalue weighted by atomic mass is 16.5. The summed E-state index contributed by atoms with van der Waals surface area (Å²) in [4.78, 5) is 25.9. The number of nitrogens with one attached hydrogen (secondary N) is 1. The second-order valence-electron chi connectivity index (χ2n) is 7.21. The molecule has 0 unspecified atom stereocenters. The van der Waals surface area contributed by atoms with Gasteiger partial charge in [-0.05, 0) is 31.9 Å². The number of benzene rings is 1. The summed E-state index contributed by atoms with van der Waals surface area (Å²) in [5.74, 6) is 2.44. The fourth-order valence-corrected chi connectivity index (χ4v) is 3.76. The van der Waals surface area contributed by atoms with Crippen molar-refractivity contribution in [2.45, 2.75) is 32.7 Å². The van der Waals surface area contributed by atoms with E-state index in [0.29, 0.717) is 49.4 Å². The number of nitrogens with zero attached hydrogens (tertiary/aromatic N) is 4. The van der Waals surface area contributed by atoms with Crippen molar-refractivity contribution < 1.29 is 14.3 Å². The van der Waals surface area contributed by atoms with Crippen LogP contribution in [0.25, 0.3) is 0 Å². The minimum atomic E-state index is -0.0787. The molecule has 1 fully saturated rings. The molecule has 0 radical (unpaired) electrons. The maximum absolute atomic E-state index is 12.4. The molecule has 8 nitrogen and oxygen atoms in total. The summed E-state index contributed by atoms with van der Waals surface area (Å²) in [7, 11) is 1.62. The van der Waals surface area contributed by atoms with E-state index in [4.69, 9.17) is 19.4 Å². The number of urea groups is 1. The maximum atomic E-state index is 12.4. The number of hydrogen-bond donors (Lipinski definition) is 1. The largest absolute Gasteiger partial charge is 0.493 e. The van der Waals surface area contributed by atoms with Crippen molar-refractivity contribution in [1.82, 2.24) is 20.2 Å². The Labute approximate surface area is 170 Å². The molecule has 1 aromatic heterocycles. The SMILES string of the molecule is CCNC(=O)N1CCc2nc(N3CCCC3)nc(Oc3ccccc3OC)c2C1. The number of para-hydroxylation sites is 2. The number of rotatable bonds is 5. The molecule has 0 aliphatic carbocycles. The number of carbonyl (C=O) groups excluding carboxylic acids is 1. The van der Waals surface area contributed by atoms with Crippen LogP contribution in [-0.2, 0) is 13.0 Å². The smallest absolute Gasteiger partial charge is 0.317 e. The zero-order valence-corrected chi connectivity index (χ0v) is 17.0. The Morgan fingerprint density at radius 2 is 1.90 bits per heavy atom. The number of aromatic nitrogens is 2. The first kappa shape index (κ1) is 19.3. The van der Waals surface area contributed by atoms with E-state index in [2.05, 4.69) is 10.2 Å². The molecule has 0 bridgehead atoms. The lowest BCUT2D eigenvalue weighted by Crippen LogP contribution is -2.43. The number of anilines is 1. The summed E-state index contributed by atoms with van der Waals surface area (Å²) in [6.07, 6.45) is 2.97. The van der Waals surface area contributed by atoms with E-state index >= 15 is 0 Å². The Balaban J connectivity index is 1.71. The van der Waals surface area contributed by atoms with Crippen LogP contribution in [-0.4, -0.2) is 54.2 Å². The molecule has 0 atom stereocenters. The van der Waals surface area contributed by atoms with Crippen LogP contribution in [0.15, 0.2) is 24.3 Å². The van der Waals surface area contributed by atoms with Crippen LogP contribution in [0.5, 0.6) is 17.4 Å². The molecule has 0 saturated carbocycles. The molecule has 1 saturated heterocycles. The summed E-state index contributed by atoms with van der Waals surface area (Å²) >= 11 is 0. The molecule has 29 heavy (non-hydrogen) atoms. The lowest BCUT2D eigenvalue weighted by Gasteiger charge is -2.30. The summed E-state index contributed by atoms with van der Waals surface area (Å²) < 4.78 is 11.7. The molecule has 1 aromatic carbocycles. The number of amides is 2. The lowest BCUT2D eigenvalue weighted by molar-refractivity contribution is 0.191. The van der Waals surface area contributed by atoms with Gasteiger partial charge in [0.2, 0.25) is 11.8 Å². The Morgan fingerprint density at radius 1 is 1.14 bits per heavy atom. The van der Waals surface area contributed by atoms with E-state index in [1.807, 2.05) is 31.2 Å². The standard InChI is InChI=1S/C21H27N5O3/c1-3-22-21(27)26-13-10-16-15(14-26)19(24-20(23-16)25-11-6-7-12-25)29-18-9-5-4-8-17(18)28-2/h4-5,8-9H,3,6-7,10-14H2,1-2H3,(H,22,27). The fraction of sp³-hybridized carbons (Fsp3) is 0.476. The normalized spacial score (nSPS) is 15.8. The molecule has 154 valence electrons. The third-order valence-corrected chi connectivity index (χ3v) is 5.29. The van der Waals surface area contributed by atoms with Gasteiger partial charge in [0.1, 0.15) is 0 Å². The van der Waals surface area contributed by atoms with Gasteiger partial charge in [-0.15, -0.1) is 0 Å². The highest BCUT2D eigenvalue weighted by Gasteiger charge is 2.28. The van der Waals surface area contributed by atoms with Crippen LogP contribution in [0.2, 0.25) is 0 Å². The van der Waals surface area contributed by atoms with Gasteiger partial charge in [0.05, 0.1) is 24.9 Å². The minimum absolute atomic E-state index is 0.0787. The second-order valence-corrected chi connectivity index (χ2v) is 7.21. The van der Waals surface area contributed by atoms with E-state index in [1.54, 1.807) is 12.0 Å². The van der Waals surface area contributed by atoms with E-state index < -0.39 is 0 Å². The molecule has 8 heteroatoms. The highest BCUT2D eigenvalue weighted by molar-refractivity contribution is 5.74. The number of hydrogen-bond acceptors (Lipinski definition) is 6. The summed E-state index contributed by atoms with van der Waals surface area (Å²) in [6, 6.07) is 7.42. The fourth-order valence-electron chi connectivity index (χ4n) is 3.76. The molecular weight excluding hydrogens is 370 g/mol. The highest BCUT2D eigenvalue weighted by Crippen LogP contribution is 2.35. The number of carbonyl (C=O) groups is 1. The van der Waals surface area contributed by atoms with Gasteiger partial charge >= 0.3 is 6.03 Å². The van der Waals surface area contributed by atoms with Crippen LogP contribution in [0, 0.1) is 0 Å². The predicted octanol–water partition coefficient (Wildman–Crippen LogP) is 2.97. The molecule has 1 N–H and O–H groups in total. The third-order valence-electron chi connectivity index (χ3n) is 5.29. The van der Waals surface area contributed by atoms with Gasteiger partial charge in [-0.1, -0.05) is 12.1 Å². The van der Waals surface area contributed by atoms with Crippen molar-refractivity contribution in [1.29, 1.82) is 0 Å². The van der Waals surface area contributed by atoms with Crippen molar-refractivity contribution >= 4 is 12.0 Å². The zero-order chi connectivity index (χ0) is 20.2. The topological polar surface area (TPSA) is 79.8 Å². The van der Waals surface area contributed by atoms with Gasteiger partial charge < -0.3 is 24.6 Å². The summed E-state index contributed by atoms with van der Waals surface area (Å²) in [6.45, 7) is 5.47. The minimum Gasteiger partial charge on any atom is -0.493 e.